The van der Waals surface area contributed by atoms with Crippen molar-refractivity contribution in [2.75, 3.05) is 31.7 Å². The number of aromatic nitrogens is 4. The molecule has 53 heavy (non-hydrogen) atoms. The van der Waals surface area contributed by atoms with Crippen LogP contribution in [-0.2, 0) is 10.9 Å². The minimum Gasteiger partial charge on any atom is -0.491 e. The molecule has 0 amide bonds. The van der Waals surface area contributed by atoms with E-state index in [1.165, 1.54) is 12.4 Å². The Labute approximate surface area is 315 Å². The number of alkyl halides is 3. The van der Waals surface area contributed by atoms with Crippen molar-refractivity contribution < 1.29 is 27.4 Å². The van der Waals surface area contributed by atoms with Crippen LogP contribution in [0.2, 0.25) is 0 Å². The lowest BCUT2D eigenvalue weighted by atomic mass is 9.93. The topological polar surface area (TPSA) is 143 Å². The molecule has 4 aromatic rings. The van der Waals surface area contributed by atoms with E-state index in [1.54, 1.807) is 42.8 Å². The molecule has 1 aromatic carbocycles. The summed E-state index contributed by atoms with van der Waals surface area (Å²) in [5.74, 6) is 1.85. The Morgan fingerprint density at radius 3 is 2.19 bits per heavy atom. The number of anilines is 1. The van der Waals surface area contributed by atoms with Crippen molar-refractivity contribution in [3.63, 3.8) is 0 Å². The van der Waals surface area contributed by atoms with Crippen molar-refractivity contribution in [1.29, 1.82) is 0 Å². The summed E-state index contributed by atoms with van der Waals surface area (Å²) in [5.41, 5.74) is 12.3. The van der Waals surface area contributed by atoms with E-state index in [4.69, 9.17) is 25.7 Å². The van der Waals surface area contributed by atoms with E-state index < -0.39 is 17.3 Å². The summed E-state index contributed by atoms with van der Waals surface area (Å²) in [7, 11) is 0. The average molecular weight is 758 g/mol. The fourth-order valence-electron chi connectivity index (χ4n) is 6.29. The van der Waals surface area contributed by atoms with Gasteiger partial charge in [-0.25, -0.2) is 15.0 Å². The van der Waals surface area contributed by atoms with Gasteiger partial charge >= 0.3 is 6.18 Å². The van der Waals surface area contributed by atoms with Crippen molar-refractivity contribution in [1.82, 2.24) is 19.9 Å². The number of nitrogens with one attached hydrogen (secondary N) is 1. The number of benzene rings is 1. The molecule has 1 aliphatic heterocycles. The van der Waals surface area contributed by atoms with Gasteiger partial charge in [0, 0.05) is 47.3 Å². The minimum atomic E-state index is -4.58. The lowest BCUT2D eigenvalue weighted by molar-refractivity contribution is -0.139. The van der Waals surface area contributed by atoms with Crippen molar-refractivity contribution in [3.8, 4) is 33.5 Å². The maximum absolute atomic E-state index is 13.8. The third-order valence-corrected chi connectivity index (χ3v) is 9.29. The first-order chi connectivity index (χ1) is 24.9. The summed E-state index contributed by atoms with van der Waals surface area (Å²) in [5, 5.41) is 4.21. The highest BCUT2D eigenvalue weighted by Gasteiger charge is 2.35. The van der Waals surface area contributed by atoms with Crippen molar-refractivity contribution in [2.45, 2.75) is 97.4 Å². The number of nitrogens with two attached hydrogens (primary N) is 2. The molecule has 0 spiro atoms. The highest BCUT2D eigenvalue weighted by Crippen LogP contribution is 2.39. The lowest BCUT2D eigenvalue weighted by Crippen LogP contribution is -2.43. The third kappa shape index (κ3) is 13.5. The van der Waals surface area contributed by atoms with Crippen LogP contribution in [0.25, 0.3) is 21.8 Å². The van der Waals surface area contributed by atoms with Gasteiger partial charge in [-0.15, -0.1) is 11.3 Å². The number of thiazole rings is 1. The van der Waals surface area contributed by atoms with Gasteiger partial charge in [0.1, 0.15) is 36.1 Å². The van der Waals surface area contributed by atoms with E-state index in [2.05, 4.69) is 39.1 Å². The number of pyridine rings is 1. The van der Waals surface area contributed by atoms with E-state index in [-0.39, 0.29) is 23.9 Å². The van der Waals surface area contributed by atoms with Crippen LogP contribution in [0.5, 0.6) is 11.6 Å². The van der Waals surface area contributed by atoms with Gasteiger partial charge < -0.3 is 31.0 Å². The number of halogens is 3. The molecule has 0 aliphatic carbocycles. The first-order valence-corrected chi connectivity index (χ1v) is 18.8. The molecule has 0 bridgehead atoms. The molecule has 290 valence electrons. The number of aryl methyl sites for hydroxylation is 1. The van der Waals surface area contributed by atoms with Crippen LogP contribution in [0, 0.1) is 18.8 Å². The fourth-order valence-corrected chi connectivity index (χ4v) is 7.15. The molecule has 3 atom stereocenters. The largest absolute Gasteiger partial charge is 0.491 e. The molecule has 0 radical (unpaired) electrons. The quantitative estimate of drug-likeness (QED) is 0.115. The Balaban J connectivity index is 0.000000258. The summed E-state index contributed by atoms with van der Waals surface area (Å²) in [6.45, 7) is 15.9. The van der Waals surface area contributed by atoms with Gasteiger partial charge in [-0.3, -0.25) is 4.98 Å². The molecular weight excluding hydrogens is 704 g/mol. The monoisotopic (exact) mass is 757 g/mol. The fraction of sp³-hybridized carbons (Fsp3) is 0.538. The van der Waals surface area contributed by atoms with Crippen LogP contribution in [0.3, 0.4) is 0 Å². The van der Waals surface area contributed by atoms with Crippen LogP contribution in [0.1, 0.15) is 77.7 Å². The Morgan fingerprint density at radius 2 is 1.58 bits per heavy atom. The molecule has 0 saturated carbocycles. The van der Waals surface area contributed by atoms with Crippen LogP contribution in [0.4, 0.5) is 19.0 Å². The van der Waals surface area contributed by atoms with Crippen LogP contribution in [0.15, 0.2) is 55.1 Å². The SMILES string of the molecule is CC(C)CC(C)(N)COc1ccc(-c2cc(NC3CCCOC3)ncn2)cc1C(F)(F)F.Cc1sc(-c2ccncc2)nc1OCC(C)(N)CC(C)C. The number of hydrogen-bond donors (Lipinski definition) is 3. The Morgan fingerprint density at radius 1 is 0.925 bits per heavy atom. The van der Waals surface area contributed by atoms with Crippen molar-refractivity contribution in [2.24, 2.45) is 23.3 Å². The molecule has 3 unspecified atom stereocenters. The van der Waals surface area contributed by atoms with Crippen LogP contribution < -0.4 is 26.3 Å². The number of rotatable bonds is 14. The molecule has 5 rings (SSSR count). The maximum atomic E-state index is 13.8. The summed E-state index contributed by atoms with van der Waals surface area (Å²) in [4.78, 5) is 18.0. The predicted octanol–water partition coefficient (Wildman–Crippen LogP) is 8.55. The Kier molecular flexibility index (Phi) is 14.6. The maximum Gasteiger partial charge on any atom is 0.419 e. The highest BCUT2D eigenvalue weighted by atomic mass is 32.1. The number of nitrogens with zero attached hydrogens (tertiary/aromatic N) is 4. The second-order valence-electron chi connectivity index (χ2n) is 15.3. The molecule has 5 N–H and O–H groups in total. The number of ether oxygens (including phenoxy) is 3. The van der Waals surface area contributed by atoms with Gasteiger partial charge in [0.15, 0.2) is 0 Å². The van der Waals surface area contributed by atoms with Gasteiger partial charge in [0.25, 0.3) is 0 Å². The molecular formula is C39H54F3N7O3S. The molecule has 1 fully saturated rings. The second-order valence-corrected chi connectivity index (χ2v) is 16.5. The zero-order chi connectivity index (χ0) is 38.8. The van der Waals surface area contributed by atoms with Gasteiger partial charge in [-0.05, 0) is 88.6 Å². The zero-order valence-electron chi connectivity index (χ0n) is 31.8. The van der Waals surface area contributed by atoms with E-state index in [1.807, 2.05) is 39.8 Å². The normalized spacial score (nSPS) is 17.1. The Hall–Kier alpha value is -3.85. The summed E-state index contributed by atoms with van der Waals surface area (Å²) < 4.78 is 58.2. The third-order valence-electron chi connectivity index (χ3n) is 8.29. The minimum absolute atomic E-state index is 0.0152. The van der Waals surface area contributed by atoms with Gasteiger partial charge in [-0.1, -0.05) is 27.7 Å². The summed E-state index contributed by atoms with van der Waals surface area (Å²) in [6.07, 6.45) is 3.75. The van der Waals surface area contributed by atoms with Crippen molar-refractivity contribution in [3.05, 3.63) is 65.6 Å². The van der Waals surface area contributed by atoms with E-state index in [0.717, 1.165) is 47.4 Å². The van der Waals surface area contributed by atoms with E-state index in [9.17, 15) is 13.2 Å². The van der Waals surface area contributed by atoms with E-state index in [0.29, 0.717) is 54.4 Å². The van der Waals surface area contributed by atoms with Crippen LogP contribution >= 0.6 is 11.3 Å². The first kappa shape index (κ1) is 41.9. The second kappa shape index (κ2) is 18.5. The van der Waals surface area contributed by atoms with E-state index >= 15 is 0 Å². The predicted molar refractivity (Wildman–Crippen MR) is 205 cm³/mol. The molecule has 14 heteroatoms. The standard InChI is InChI=1S/C23H31F3N4O2.C16H23N3OS/c1-15(2)11-22(3,27)13-32-20-7-6-16(9-18(20)23(24,25)26)19-10-21(29-14-28-19)30-17-5-4-8-31-12-17;1-11(2)9-16(4,17)10-20-14-12(3)21-15(19-14)13-5-7-18-8-6-13/h6-7,9-10,14-15,17H,4-5,8,11-13,27H2,1-3H3,(H,28,29,30);5-8,11H,9-10,17H2,1-4H3. The van der Waals surface area contributed by atoms with Gasteiger partial charge in [0.2, 0.25) is 5.88 Å². The summed E-state index contributed by atoms with van der Waals surface area (Å²) in [6, 6.07) is 9.61. The van der Waals surface area contributed by atoms with Gasteiger partial charge in [-0.2, -0.15) is 13.2 Å². The molecule has 4 heterocycles. The Bertz CT molecular complexity index is 1730. The molecule has 1 saturated heterocycles. The highest BCUT2D eigenvalue weighted by molar-refractivity contribution is 7.15. The van der Waals surface area contributed by atoms with Gasteiger partial charge in [0.05, 0.1) is 28.8 Å². The van der Waals surface area contributed by atoms with Crippen LogP contribution in [-0.4, -0.2) is 63.5 Å². The zero-order valence-corrected chi connectivity index (χ0v) is 32.6. The molecule has 1 aliphatic rings. The average Bonchev–Trinajstić information content (AvgIpc) is 3.46. The van der Waals surface area contributed by atoms with Crippen molar-refractivity contribution >= 4 is 17.2 Å². The lowest BCUT2D eigenvalue weighted by Gasteiger charge is -2.27. The summed E-state index contributed by atoms with van der Waals surface area (Å²) >= 11 is 1.63. The first-order valence-electron chi connectivity index (χ1n) is 18.0. The molecule has 3 aromatic heterocycles. The smallest absolute Gasteiger partial charge is 0.419 e. The molecule has 10 nitrogen and oxygen atoms in total. The number of hydrogen-bond acceptors (Lipinski definition) is 11.